The predicted octanol–water partition coefficient (Wildman–Crippen LogP) is 7.43. The lowest BCUT2D eigenvalue weighted by Crippen LogP contribution is -2.59. The van der Waals surface area contributed by atoms with Gasteiger partial charge < -0.3 is 20.5 Å². The molecule has 0 radical (unpaired) electrons. The maximum Gasteiger partial charge on any atom is 0.235 e. The number of ether oxygens (including phenoxy) is 2. The van der Waals surface area contributed by atoms with Crippen molar-refractivity contribution in [1.29, 1.82) is 0 Å². The average Bonchev–Trinajstić information content (AvgIpc) is 3.30. The van der Waals surface area contributed by atoms with E-state index in [0.29, 0.717) is 6.54 Å². The molecule has 0 saturated heterocycles. The molecule has 5 N–H and O–H groups in total. The van der Waals surface area contributed by atoms with Crippen LogP contribution in [0.2, 0.25) is 0 Å². The summed E-state index contributed by atoms with van der Waals surface area (Å²) in [6.45, 7) is 13.0. The van der Waals surface area contributed by atoms with Crippen LogP contribution in [0.25, 0.3) is 0 Å². The van der Waals surface area contributed by atoms with Gasteiger partial charge in [0.25, 0.3) is 0 Å². The predicted molar refractivity (Wildman–Crippen MR) is 160 cm³/mol. The zero-order valence-electron chi connectivity index (χ0n) is 25.5. The van der Waals surface area contributed by atoms with Crippen LogP contribution in [-0.4, -0.2) is 42.6 Å². The average molecular weight is 525 g/mol. The molecule has 1 aliphatic heterocycles. The Morgan fingerprint density at radius 1 is 0.757 bits per heavy atom. The molecular weight excluding hydrogens is 460 g/mol. The molecule has 1 rings (SSSR count). The summed E-state index contributed by atoms with van der Waals surface area (Å²) in [5.41, 5.74) is 13.0. The number of aliphatic imine (C=N–C) groups is 1. The van der Waals surface area contributed by atoms with Crippen LogP contribution in [0.4, 0.5) is 0 Å². The van der Waals surface area contributed by atoms with Gasteiger partial charge in [-0.25, -0.2) is 0 Å². The molecule has 1 aliphatic rings. The molecule has 6 nitrogen and oxygen atoms in total. The fraction of sp³-hybridized carbons (Fsp3) is 0.968. The lowest BCUT2D eigenvalue weighted by molar-refractivity contribution is -0.283. The number of amidine groups is 1. The molecule has 0 aromatic heterocycles. The van der Waals surface area contributed by atoms with E-state index < -0.39 is 5.91 Å². The summed E-state index contributed by atoms with van der Waals surface area (Å²) in [7, 11) is 0. The summed E-state index contributed by atoms with van der Waals surface area (Å²) < 4.78 is 12.4. The molecule has 1 heterocycles. The molecule has 37 heavy (non-hydrogen) atoms. The van der Waals surface area contributed by atoms with E-state index in [4.69, 9.17) is 25.9 Å². The van der Waals surface area contributed by atoms with Crippen molar-refractivity contribution in [2.45, 2.75) is 181 Å². The molecule has 3 unspecified atom stereocenters. The SMILES string of the molecule is CCCCCCCCCCCCCCCCCCC(C1=NCC(C(C)N)N1)C(N)(OC(C)C)OC(C)C. The Kier molecular flexibility index (Phi) is 18.8. The van der Waals surface area contributed by atoms with Gasteiger partial charge in [-0.05, 0) is 41.0 Å². The highest BCUT2D eigenvalue weighted by Crippen LogP contribution is 2.29. The van der Waals surface area contributed by atoms with Gasteiger partial charge in [0.05, 0.1) is 30.7 Å². The third-order valence-electron chi connectivity index (χ3n) is 7.43. The normalized spacial score (nSPS) is 17.9. The van der Waals surface area contributed by atoms with Gasteiger partial charge in [0, 0.05) is 6.04 Å². The fourth-order valence-corrected chi connectivity index (χ4v) is 5.34. The Morgan fingerprint density at radius 2 is 1.16 bits per heavy atom. The lowest BCUT2D eigenvalue weighted by Gasteiger charge is -2.40. The molecule has 0 aromatic carbocycles. The van der Waals surface area contributed by atoms with Gasteiger partial charge >= 0.3 is 0 Å². The van der Waals surface area contributed by atoms with Gasteiger partial charge in [0.2, 0.25) is 5.91 Å². The Labute approximate surface area is 230 Å². The molecule has 0 bridgehead atoms. The largest absolute Gasteiger partial charge is 0.367 e. The molecule has 0 amide bonds. The van der Waals surface area contributed by atoms with Crippen molar-refractivity contribution >= 4 is 5.84 Å². The molecular formula is C31H64N4O2. The van der Waals surface area contributed by atoms with Crippen molar-refractivity contribution < 1.29 is 9.47 Å². The van der Waals surface area contributed by atoms with Gasteiger partial charge in [-0.3, -0.25) is 10.7 Å². The second-order valence-corrected chi connectivity index (χ2v) is 12.0. The standard InChI is InChI=1S/C31H64N4O2/c1-7-8-9-10-11-12-13-14-15-16-17-18-19-20-21-22-23-28(30-34-24-29(35-30)27(6)32)31(33,36-25(2)3)37-26(4)5/h25-29H,7-24,32-33H2,1-6H3,(H,34,35). The Hall–Kier alpha value is -0.690. The summed E-state index contributed by atoms with van der Waals surface area (Å²) >= 11 is 0. The number of hydrogen-bond acceptors (Lipinski definition) is 6. The summed E-state index contributed by atoms with van der Waals surface area (Å²) in [6, 6.07) is 0.173. The molecule has 0 spiro atoms. The van der Waals surface area contributed by atoms with Crippen molar-refractivity contribution in [1.82, 2.24) is 5.32 Å². The minimum absolute atomic E-state index is 0.0293. The summed E-state index contributed by atoms with van der Waals surface area (Å²) in [6.07, 6.45) is 22.6. The zero-order chi connectivity index (χ0) is 27.5. The van der Waals surface area contributed by atoms with Crippen LogP contribution in [0.1, 0.15) is 151 Å². The van der Waals surface area contributed by atoms with E-state index in [9.17, 15) is 0 Å². The maximum absolute atomic E-state index is 6.82. The topological polar surface area (TPSA) is 94.9 Å². The summed E-state index contributed by atoms with van der Waals surface area (Å²) in [4.78, 5) is 4.80. The van der Waals surface area contributed by atoms with E-state index in [-0.39, 0.29) is 30.2 Å². The summed E-state index contributed by atoms with van der Waals surface area (Å²) in [5.74, 6) is -0.434. The smallest absolute Gasteiger partial charge is 0.235 e. The Bertz CT molecular complexity index is 570. The highest BCUT2D eigenvalue weighted by Gasteiger charge is 2.44. The Morgan fingerprint density at radius 3 is 1.51 bits per heavy atom. The first kappa shape index (κ1) is 34.3. The quantitative estimate of drug-likeness (QED) is 0.0901. The fourth-order valence-electron chi connectivity index (χ4n) is 5.34. The van der Waals surface area contributed by atoms with Crippen LogP contribution >= 0.6 is 0 Å². The minimum Gasteiger partial charge on any atom is -0.367 e. The minimum atomic E-state index is -1.20. The van der Waals surface area contributed by atoms with E-state index in [1.807, 2.05) is 34.6 Å². The van der Waals surface area contributed by atoms with Crippen LogP contribution in [0.5, 0.6) is 0 Å². The number of nitrogens with two attached hydrogens (primary N) is 2. The number of nitrogens with zero attached hydrogens (tertiary/aromatic N) is 1. The van der Waals surface area contributed by atoms with Gasteiger partial charge in [-0.15, -0.1) is 0 Å². The van der Waals surface area contributed by atoms with Crippen LogP contribution in [0.3, 0.4) is 0 Å². The van der Waals surface area contributed by atoms with Crippen LogP contribution in [-0.2, 0) is 9.47 Å². The van der Waals surface area contributed by atoms with Crippen LogP contribution in [0, 0.1) is 5.92 Å². The van der Waals surface area contributed by atoms with Crippen molar-refractivity contribution in [3.05, 3.63) is 0 Å². The van der Waals surface area contributed by atoms with E-state index >= 15 is 0 Å². The first-order chi connectivity index (χ1) is 17.7. The van der Waals surface area contributed by atoms with Gasteiger partial charge in [-0.2, -0.15) is 0 Å². The van der Waals surface area contributed by atoms with Crippen molar-refractivity contribution in [2.24, 2.45) is 22.4 Å². The number of nitrogens with one attached hydrogen (secondary N) is 1. The summed E-state index contributed by atoms with van der Waals surface area (Å²) in [5, 5.41) is 3.53. The zero-order valence-corrected chi connectivity index (χ0v) is 25.5. The third kappa shape index (κ3) is 15.5. The molecule has 0 aliphatic carbocycles. The molecule has 220 valence electrons. The van der Waals surface area contributed by atoms with E-state index in [1.165, 1.54) is 96.3 Å². The molecule has 3 atom stereocenters. The van der Waals surface area contributed by atoms with E-state index in [2.05, 4.69) is 12.2 Å². The second-order valence-electron chi connectivity index (χ2n) is 12.0. The highest BCUT2D eigenvalue weighted by molar-refractivity contribution is 5.87. The van der Waals surface area contributed by atoms with Crippen molar-refractivity contribution in [3.8, 4) is 0 Å². The molecule has 6 heteroatoms. The number of rotatable bonds is 24. The molecule has 0 aromatic rings. The van der Waals surface area contributed by atoms with Crippen molar-refractivity contribution in [3.63, 3.8) is 0 Å². The van der Waals surface area contributed by atoms with Crippen LogP contribution < -0.4 is 16.8 Å². The third-order valence-corrected chi connectivity index (χ3v) is 7.43. The van der Waals surface area contributed by atoms with E-state index in [0.717, 1.165) is 18.7 Å². The first-order valence-corrected chi connectivity index (χ1v) is 15.9. The first-order valence-electron chi connectivity index (χ1n) is 15.9. The maximum atomic E-state index is 6.82. The highest BCUT2D eigenvalue weighted by atomic mass is 16.7. The lowest BCUT2D eigenvalue weighted by atomic mass is 9.94. The number of hydrogen-bond donors (Lipinski definition) is 3. The molecule has 0 fully saturated rings. The second kappa shape index (κ2) is 20.2. The molecule has 0 saturated carbocycles. The van der Waals surface area contributed by atoms with Gasteiger partial charge in [-0.1, -0.05) is 110 Å². The van der Waals surface area contributed by atoms with Gasteiger partial charge in [0.1, 0.15) is 5.84 Å². The number of unbranched alkanes of at least 4 members (excludes halogenated alkanes) is 15. The van der Waals surface area contributed by atoms with Crippen LogP contribution in [0.15, 0.2) is 4.99 Å². The van der Waals surface area contributed by atoms with E-state index in [1.54, 1.807) is 0 Å². The Balaban J connectivity index is 2.33. The van der Waals surface area contributed by atoms with Crippen molar-refractivity contribution in [2.75, 3.05) is 6.54 Å². The monoisotopic (exact) mass is 525 g/mol. The van der Waals surface area contributed by atoms with Gasteiger partial charge in [0.15, 0.2) is 0 Å².